The molecule has 1 aromatic heterocycles. The number of ether oxygens (including phenoxy) is 1. The molecule has 1 amide bonds. The quantitative estimate of drug-likeness (QED) is 0.831. The summed E-state index contributed by atoms with van der Waals surface area (Å²) < 4.78 is 7.40. The Morgan fingerprint density at radius 3 is 2.96 bits per heavy atom. The predicted molar refractivity (Wildman–Crippen MR) is 92.7 cm³/mol. The average Bonchev–Trinajstić information content (AvgIpc) is 3.24. The molecule has 24 heavy (non-hydrogen) atoms. The molecule has 5 nitrogen and oxygen atoms in total. The molecule has 0 saturated heterocycles. The van der Waals surface area contributed by atoms with Gasteiger partial charge in [0.15, 0.2) is 0 Å². The molecular weight excluding hydrogens is 302 g/mol. The van der Waals surface area contributed by atoms with Crippen molar-refractivity contribution in [2.24, 2.45) is 13.0 Å². The Kier molecular flexibility index (Phi) is 4.99. The molecule has 3 rings (SSSR count). The maximum absolute atomic E-state index is 12.6. The van der Waals surface area contributed by atoms with Crippen LogP contribution in [0.25, 0.3) is 0 Å². The number of amides is 1. The molecule has 0 saturated carbocycles. The third kappa shape index (κ3) is 3.50. The topological polar surface area (TPSA) is 56.1 Å². The van der Waals surface area contributed by atoms with E-state index in [0.29, 0.717) is 12.3 Å². The van der Waals surface area contributed by atoms with Crippen molar-refractivity contribution in [1.29, 1.82) is 0 Å². The van der Waals surface area contributed by atoms with Gasteiger partial charge in [0.1, 0.15) is 17.6 Å². The number of hydrogen-bond donors (Lipinski definition) is 1. The summed E-state index contributed by atoms with van der Waals surface area (Å²) in [7, 11) is 3.57. The maximum Gasteiger partial charge on any atom is 0.221 e. The lowest BCUT2D eigenvalue weighted by Crippen LogP contribution is -2.32. The number of aryl methyl sites for hydroxylation is 1. The Hall–Kier alpha value is -2.56. The summed E-state index contributed by atoms with van der Waals surface area (Å²) in [6, 6.07) is 7.40. The van der Waals surface area contributed by atoms with E-state index in [1.54, 1.807) is 13.3 Å². The minimum absolute atomic E-state index is 0.0328. The SMILES string of the molecule is COc1ccccc1C(NC(=O)CC1C=CCC1)c1nccn1C. The van der Waals surface area contributed by atoms with Crippen molar-refractivity contribution in [2.75, 3.05) is 7.11 Å². The number of nitrogens with one attached hydrogen (secondary N) is 1. The Labute approximate surface area is 142 Å². The summed E-state index contributed by atoms with van der Waals surface area (Å²) in [5.41, 5.74) is 0.907. The smallest absolute Gasteiger partial charge is 0.221 e. The molecule has 0 bridgehead atoms. The third-order valence-electron chi connectivity index (χ3n) is 4.43. The molecule has 1 N–H and O–H groups in total. The Bertz CT molecular complexity index is 736. The van der Waals surface area contributed by atoms with Crippen LogP contribution < -0.4 is 10.1 Å². The molecule has 1 aliphatic carbocycles. The monoisotopic (exact) mass is 325 g/mol. The van der Waals surface area contributed by atoms with E-state index >= 15 is 0 Å². The number of rotatable bonds is 6. The van der Waals surface area contributed by atoms with Crippen LogP contribution in [0.5, 0.6) is 5.75 Å². The zero-order chi connectivity index (χ0) is 16.9. The van der Waals surface area contributed by atoms with E-state index in [9.17, 15) is 4.79 Å². The fourth-order valence-electron chi connectivity index (χ4n) is 3.16. The fraction of sp³-hybridized carbons (Fsp3) is 0.368. The number of carbonyl (C=O) groups excluding carboxylic acids is 1. The van der Waals surface area contributed by atoms with Gasteiger partial charge < -0.3 is 14.6 Å². The first-order chi connectivity index (χ1) is 11.7. The van der Waals surface area contributed by atoms with Gasteiger partial charge in [-0.1, -0.05) is 30.4 Å². The van der Waals surface area contributed by atoms with Crippen LogP contribution in [-0.2, 0) is 11.8 Å². The van der Waals surface area contributed by atoms with Crippen LogP contribution in [0.4, 0.5) is 0 Å². The van der Waals surface area contributed by atoms with Crippen molar-refractivity contribution in [3.05, 3.63) is 60.2 Å². The first kappa shape index (κ1) is 16.3. The van der Waals surface area contributed by atoms with Crippen LogP contribution in [0, 0.1) is 5.92 Å². The van der Waals surface area contributed by atoms with Gasteiger partial charge in [-0.15, -0.1) is 0 Å². The zero-order valence-corrected chi connectivity index (χ0v) is 14.1. The molecule has 126 valence electrons. The molecule has 0 spiro atoms. The summed E-state index contributed by atoms with van der Waals surface area (Å²) >= 11 is 0. The highest BCUT2D eigenvalue weighted by Gasteiger charge is 2.25. The molecule has 0 radical (unpaired) electrons. The lowest BCUT2D eigenvalue weighted by atomic mass is 10.0. The number of methoxy groups -OCH3 is 1. The number of allylic oxidation sites excluding steroid dienone is 2. The van der Waals surface area contributed by atoms with Gasteiger partial charge in [0.05, 0.1) is 7.11 Å². The van der Waals surface area contributed by atoms with Crippen LogP contribution in [0.3, 0.4) is 0 Å². The van der Waals surface area contributed by atoms with Crippen molar-refractivity contribution < 1.29 is 9.53 Å². The van der Waals surface area contributed by atoms with Gasteiger partial charge in [0, 0.05) is 31.4 Å². The highest BCUT2D eigenvalue weighted by molar-refractivity contribution is 5.77. The normalized spacial score (nSPS) is 17.7. The first-order valence-electron chi connectivity index (χ1n) is 8.25. The molecule has 2 aromatic rings. The maximum atomic E-state index is 12.6. The Balaban J connectivity index is 1.86. The molecule has 5 heteroatoms. The standard InChI is InChI=1S/C19H23N3O2/c1-22-12-11-20-19(22)18(15-9-5-6-10-16(15)24-2)21-17(23)13-14-7-3-4-8-14/h3,5-7,9-12,14,18H,4,8,13H2,1-2H3,(H,21,23). The van der Waals surface area contributed by atoms with Gasteiger partial charge in [-0.2, -0.15) is 0 Å². The lowest BCUT2D eigenvalue weighted by Gasteiger charge is -2.22. The van der Waals surface area contributed by atoms with Gasteiger partial charge in [-0.25, -0.2) is 4.98 Å². The molecule has 1 heterocycles. The number of para-hydroxylation sites is 1. The van der Waals surface area contributed by atoms with E-state index in [4.69, 9.17) is 4.74 Å². The molecule has 2 atom stereocenters. The highest BCUT2D eigenvalue weighted by atomic mass is 16.5. The first-order valence-corrected chi connectivity index (χ1v) is 8.25. The van der Waals surface area contributed by atoms with Crippen LogP contribution >= 0.6 is 0 Å². The van der Waals surface area contributed by atoms with E-state index in [-0.39, 0.29) is 11.9 Å². The number of benzene rings is 1. The minimum Gasteiger partial charge on any atom is -0.496 e. The van der Waals surface area contributed by atoms with E-state index in [1.807, 2.05) is 42.1 Å². The molecule has 1 aromatic carbocycles. The summed E-state index contributed by atoms with van der Waals surface area (Å²) in [6.07, 6.45) is 10.5. The van der Waals surface area contributed by atoms with Crippen LogP contribution in [0.15, 0.2) is 48.8 Å². The number of aromatic nitrogens is 2. The Morgan fingerprint density at radius 1 is 1.46 bits per heavy atom. The van der Waals surface area contributed by atoms with E-state index in [1.165, 1.54) is 0 Å². The summed E-state index contributed by atoms with van der Waals surface area (Å²) in [5.74, 6) is 1.90. The third-order valence-corrected chi connectivity index (χ3v) is 4.43. The zero-order valence-electron chi connectivity index (χ0n) is 14.1. The number of nitrogens with zero attached hydrogens (tertiary/aromatic N) is 2. The molecule has 0 fully saturated rings. The van der Waals surface area contributed by atoms with E-state index in [0.717, 1.165) is 30.0 Å². The summed E-state index contributed by atoms with van der Waals surface area (Å²) in [4.78, 5) is 17.0. The molecule has 1 aliphatic rings. The average molecular weight is 325 g/mol. The number of carbonyl (C=O) groups is 1. The minimum atomic E-state index is -0.334. The van der Waals surface area contributed by atoms with Crippen molar-refractivity contribution in [3.63, 3.8) is 0 Å². The van der Waals surface area contributed by atoms with E-state index < -0.39 is 0 Å². The van der Waals surface area contributed by atoms with Crippen LogP contribution in [0.1, 0.15) is 36.7 Å². The largest absolute Gasteiger partial charge is 0.496 e. The molecule has 2 unspecified atom stereocenters. The second-order valence-corrected chi connectivity index (χ2v) is 6.11. The second-order valence-electron chi connectivity index (χ2n) is 6.11. The van der Waals surface area contributed by atoms with E-state index in [2.05, 4.69) is 22.5 Å². The predicted octanol–water partition coefficient (Wildman–Crippen LogP) is 2.99. The van der Waals surface area contributed by atoms with Gasteiger partial charge in [0.2, 0.25) is 5.91 Å². The van der Waals surface area contributed by atoms with Crippen LogP contribution in [-0.4, -0.2) is 22.6 Å². The Morgan fingerprint density at radius 2 is 2.29 bits per heavy atom. The van der Waals surface area contributed by atoms with Gasteiger partial charge >= 0.3 is 0 Å². The number of imidazole rings is 1. The van der Waals surface area contributed by atoms with Crippen molar-refractivity contribution in [2.45, 2.75) is 25.3 Å². The molecule has 0 aliphatic heterocycles. The van der Waals surface area contributed by atoms with Gasteiger partial charge in [-0.05, 0) is 24.8 Å². The summed E-state index contributed by atoms with van der Waals surface area (Å²) in [5, 5.41) is 3.14. The van der Waals surface area contributed by atoms with Gasteiger partial charge in [-0.3, -0.25) is 4.79 Å². The van der Waals surface area contributed by atoms with Crippen molar-refractivity contribution >= 4 is 5.91 Å². The lowest BCUT2D eigenvalue weighted by molar-refractivity contribution is -0.122. The van der Waals surface area contributed by atoms with Crippen LogP contribution in [0.2, 0.25) is 0 Å². The highest BCUT2D eigenvalue weighted by Crippen LogP contribution is 2.29. The van der Waals surface area contributed by atoms with Gasteiger partial charge in [0.25, 0.3) is 0 Å². The van der Waals surface area contributed by atoms with Crippen molar-refractivity contribution in [1.82, 2.24) is 14.9 Å². The van der Waals surface area contributed by atoms with Crippen molar-refractivity contribution in [3.8, 4) is 5.75 Å². The fourth-order valence-corrected chi connectivity index (χ4v) is 3.16. The summed E-state index contributed by atoms with van der Waals surface area (Å²) in [6.45, 7) is 0. The number of hydrogen-bond acceptors (Lipinski definition) is 3. The molecular formula is C19H23N3O2. The second kappa shape index (κ2) is 7.34.